The van der Waals surface area contributed by atoms with Crippen molar-refractivity contribution < 1.29 is 9.18 Å². The van der Waals surface area contributed by atoms with E-state index in [2.05, 4.69) is 0 Å². The fourth-order valence-electron chi connectivity index (χ4n) is 3.31. The molecule has 0 radical (unpaired) electrons. The van der Waals surface area contributed by atoms with Gasteiger partial charge in [-0.05, 0) is 49.3 Å². The van der Waals surface area contributed by atoms with Crippen LogP contribution in [0.25, 0.3) is 0 Å². The Morgan fingerprint density at radius 3 is 2.52 bits per heavy atom. The first-order chi connectivity index (χ1) is 11.9. The second-order valence-corrected chi connectivity index (χ2v) is 6.70. The average molecular weight is 343 g/mol. The Hall–Kier alpha value is -2.47. The molecule has 3 rings (SSSR count). The molecule has 6 heteroatoms. The van der Waals surface area contributed by atoms with Crippen LogP contribution in [0.5, 0.6) is 0 Å². The van der Waals surface area contributed by atoms with Gasteiger partial charge in [-0.15, -0.1) is 0 Å². The van der Waals surface area contributed by atoms with Gasteiger partial charge in [0.2, 0.25) is 5.91 Å². The number of aryl methyl sites for hydroxylation is 1. The van der Waals surface area contributed by atoms with E-state index in [1.165, 1.54) is 16.7 Å². The van der Waals surface area contributed by atoms with Crippen molar-refractivity contribution in [1.29, 1.82) is 0 Å². The highest BCUT2D eigenvalue weighted by atomic mass is 19.1. The Balaban J connectivity index is 1.87. The van der Waals surface area contributed by atoms with Crippen LogP contribution in [0.3, 0.4) is 0 Å². The molecule has 0 aliphatic carbocycles. The fourth-order valence-corrected chi connectivity index (χ4v) is 3.31. The maximum atomic E-state index is 13.2. The molecule has 0 N–H and O–H groups in total. The molecule has 0 fully saturated rings. The average Bonchev–Trinajstić information content (AvgIpc) is 2.57. The topological polar surface area (TPSA) is 45.6 Å². The summed E-state index contributed by atoms with van der Waals surface area (Å²) in [5.41, 5.74) is 2.74. The Kier molecular flexibility index (Phi) is 4.72. The number of hydrogen-bond acceptors (Lipinski definition) is 3. The SMILES string of the molecule is CN(C)C(C(=O)N1CCc2cc(=O)n(C)cc2C1)c1ccc(F)cc1. The van der Waals surface area contributed by atoms with Crippen molar-refractivity contribution in [2.75, 3.05) is 20.6 Å². The maximum absolute atomic E-state index is 13.2. The van der Waals surface area contributed by atoms with E-state index in [9.17, 15) is 14.0 Å². The van der Waals surface area contributed by atoms with Crippen molar-refractivity contribution in [3.8, 4) is 0 Å². The van der Waals surface area contributed by atoms with Gasteiger partial charge >= 0.3 is 0 Å². The van der Waals surface area contributed by atoms with Crippen LogP contribution in [-0.2, 0) is 24.8 Å². The van der Waals surface area contributed by atoms with Gasteiger partial charge in [0.05, 0.1) is 0 Å². The highest BCUT2D eigenvalue weighted by Crippen LogP contribution is 2.25. The molecule has 1 aromatic heterocycles. The fraction of sp³-hybridized carbons (Fsp3) is 0.368. The van der Waals surface area contributed by atoms with Crippen LogP contribution in [0.2, 0.25) is 0 Å². The molecule has 1 atom stereocenters. The maximum Gasteiger partial charge on any atom is 0.250 e. The van der Waals surface area contributed by atoms with Crippen LogP contribution in [0.1, 0.15) is 22.7 Å². The Morgan fingerprint density at radius 1 is 1.20 bits per heavy atom. The summed E-state index contributed by atoms with van der Waals surface area (Å²) < 4.78 is 14.7. The summed E-state index contributed by atoms with van der Waals surface area (Å²) in [6.45, 7) is 1.05. The van der Waals surface area contributed by atoms with Crippen molar-refractivity contribution in [3.63, 3.8) is 0 Å². The highest BCUT2D eigenvalue weighted by molar-refractivity contribution is 5.83. The van der Waals surface area contributed by atoms with Crippen LogP contribution in [0.15, 0.2) is 41.3 Å². The molecule has 1 aliphatic heterocycles. The quantitative estimate of drug-likeness (QED) is 0.852. The first-order valence-corrected chi connectivity index (χ1v) is 8.26. The molecule has 1 aromatic carbocycles. The molecule has 0 bridgehead atoms. The minimum atomic E-state index is -0.463. The summed E-state index contributed by atoms with van der Waals surface area (Å²) in [5.74, 6) is -0.336. The molecular weight excluding hydrogens is 321 g/mol. The first kappa shape index (κ1) is 17.4. The van der Waals surface area contributed by atoms with Crippen LogP contribution in [0.4, 0.5) is 4.39 Å². The largest absolute Gasteiger partial charge is 0.336 e. The Labute approximate surface area is 146 Å². The van der Waals surface area contributed by atoms with Gasteiger partial charge < -0.3 is 9.47 Å². The van der Waals surface area contributed by atoms with Gasteiger partial charge in [-0.1, -0.05) is 12.1 Å². The number of aromatic nitrogens is 1. The molecule has 25 heavy (non-hydrogen) atoms. The highest BCUT2D eigenvalue weighted by Gasteiger charge is 2.30. The van der Waals surface area contributed by atoms with Crippen LogP contribution in [0, 0.1) is 5.82 Å². The minimum Gasteiger partial charge on any atom is -0.336 e. The van der Waals surface area contributed by atoms with Gasteiger partial charge in [-0.25, -0.2) is 4.39 Å². The van der Waals surface area contributed by atoms with Crippen molar-refractivity contribution in [2.45, 2.75) is 19.0 Å². The summed E-state index contributed by atoms with van der Waals surface area (Å²) in [7, 11) is 5.39. The molecule has 1 aliphatic rings. The van der Waals surface area contributed by atoms with Gasteiger partial charge in [-0.2, -0.15) is 0 Å². The number of benzene rings is 1. The van der Waals surface area contributed by atoms with Crippen molar-refractivity contribution >= 4 is 5.91 Å². The van der Waals surface area contributed by atoms with Gasteiger partial charge in [0.1, 0.15) is 11.9 Å². The van der Waals surface area contributed by atoms with Crippen molar-refractivity contribution in [3.05, 3.63) is 69.4 Å². The summed E-state index contributed by atoms with van der Waals surface area (Å²) in [6, 6.07) is 7.25. The van der Waals surface area contributed by atoms with Gasteiger partial charge in [0.25, 0.3) is 5.56 Å². The number of nitrogens with zero attached hydrogens (tertiary/aromatic N) is 3. The van der Waals surface area contributed by atoms with E-state index in [4.69, 9.17) is 0 Å². The van der Waals surface area contributed by atoms with E-state index in [1.54, 1.807) is 36.3 Å². The molecule has 0 spiro atoms. The summed E-state index contributed by atoms with van der Waals surface area (Å²) in [4.78, 5) is 28.5. The van der Waals surface area contributed by atoms with Gasteiger partial charge in [0.15, 0.2) is 0 Å². The van der Waals surface area contributed by atoms with Crippen LogP contribution >= 0.6 is 0 Å². The van der Waals surface area contributed by atoms with E-state index >= 15 is 0 Å². The Morgan fingerprint density at radius 2 is 1.88 bits per heavy atom. The molecule has 1 amide bonds. The van der Waals surface area contributed by atoms with Crippen molar-refractivity contribution in [2.24, 2.45) is 7.05 Å². The number of rotatable bonds is 3. The zero-order chi connectivity index (χ0) is 18.1. The third kappa shape index (κ3) is 3.49. The van der Waals surface area contributed by atoms with Gasteiger partial charge in [-0.3, -0.25) is 14.5 Å². The third-order valence-electron chi connectivity index (χ3n) is 4.67. The van der Waals surface area contributed by atoms with E-state index < -0.39 is 6.04 Å². The number of halogens is 1. The third-order valence-corrected chi connectivity index (χ3v) is 4.67. The molecule has 0 saturated carbocycles. The predicted octanol–water partition coefficient (Wildman–Crippen LogP) is 1.71. The summed E-state index contributed by atoms with van der Waals surface area (Å²) in [5, 5.41) is 0. The lowest BCUT2D eigenvalue weighted by Gasteiger charge is -2.34. The minimum absolute atomic E-state index is 0.0175. The smallest absolute Gasteiger partial charge is 0.250 e. The molecule has 2 aromatic rings. The lowest BCUT2D eigenvalue weighted by Crippen LogP contribution is -2.43. The van der Waals surface area contributed by atoms with E-state index in [0.717, 1.165) is 16.7 Å². The number of carbonyl (C=O) groups is 1. The van der Waals surface area contributed by atoms with Gasteiger partial charge in [0, 0.05) is 32.4 Å². The summed E-state index contributed by atoms with van der Waals surface area (Å²) in [6.07, 6.45) is 2.47. The number of likely N-dealkylation sites (N-methyl/N-ethyl adjacent to an activating group) is 1. The van der Waals surface area contributed by atoms with E-state index in [-0.39, 0.29) is 17.3 Å². The lowest BCUT2D eigenvalue weighted by atomic mass is 9.99. The number of carbonyl (C=O) groups excluding carboxylic acids is 1. The number of hydrogen-bond donors (Lipinski definition) is 0. The lowest BCUT2D eigenvalue weighted by molar-refractivity contribution is -0.137. The standard InChI is InChI=1S/C19H22FN3O2/c1-21(2)18(13-4-6-16(20)7-5-13)19(25)23-9-8-14-10-17(24)22(3)11-15(14)12-23/h4-7,10-11,18H,8-9,12H2,1-3H3. The Bertz CT molecular complexity index is 843. The van der Waals surface area contributed by atoms with E-state index in [1.807, 2.05) is 19.0 Å². The molecule has 5 nitrogen and oxygen atoms in total. The van der Waals surface area contributed by atoms with Crippen molar-refractivity contribution in [1.82, 2.24) is 14.4 Å². The second kappa shape index (κ2) is 6.80. The molecule has 132 valence electrons. The second-order valence-electron chi connectivity index (χ2n) is 6.70. The summed E-state index contributed by atoms with van der Waals surface area (Å²) >= 11 is 0. The predicted molar refractivity (Wildman–Crippen MR) is 93.6 cm³/mol. The zero-order valence-electron chi connectivity index (χ0n) is 14.7. The molecule has 1 unspecified atom stereocenters. The zero-order valence-corrected chi connectivity index (χ0v) is 14.7. The number of amides is 1. The van der Waals surface area contributed by atoms with Crippen LogP contribution < -0.4 is 5.56 Å². The first-order valence-electron chi connectivity index (χ1n) is 8.26. The van der Waals surface area contributed by atoms with E-state index in [0.29, 0.717) is 19.5 Å². The molecule has 2 heterocycles. The normalized spacial score (nSPS) is 15.2. The number of pyridine rings is 1. The molecular formula is C19H22FN3O2. The number of fused-ring (bicyclic) bond motifs is 1. The monoisotopic (exact) mass is 343 g/mol. The van der Waals surface area contributed by atoms with Crippen LogP contribution in [-0.4, -0.2) is 40.9 Å². The molecule has 0 saturated heterocycles.